The van der Waals surface area contributed by atoms with Crippen molar-refractivity contribution in [1.29, 1.82) is 0 Å². The summed E-state index contributed by atoms with van der Waals surface area (Å²) in [5, 5.41) is 9.49. The summed E-state index contributed by atoms with van der Waals surface area (Å²) in [5.41, 5.74) is 8.24. The second kappa shape index (κ2) is 8.78. The van der Waals surface area contributed by atoms with E-state index in [0.717, 1.165) is 11.1 Å². The van der Waals surface area contributed by atoms with Crippen molar-refractivity contribution in [1.82, 2.24) is 0 Å². The van der Waals surface area contributed by atoms with Crippen LogP contribution in [0.3, 0.4) is 0 Å². The molecule has 6 nitrogen and oxygen atoms in total. The van der Waals surface area contributed by atoms with Gasteiger partial charge in [0.1, 0.15) is 18.0 Å². The smallest absolute Gasteiger partial charge is 0.321 e. The number of carbonyl (C=O) groups excluding carboxylic acids is 1. The second-order valence-corrected chi connectivity index (χ2v) is 7.73. The summed E-state index contributed by atoms with van der Waals surface area (Å²) in [6.07, 6.45) is -0.00688. The van der Waals surface area contributed by atoms with Gasteiger partial charge in [0.2, 0.25) is 0 Å². The van der Waals surface area contributed by atoms with Gasteiger partial charge in [-0.2, -0.15) is 0 Å². The number of nitrogens with two attached hydrogens (primary N) is 1. The summed E-state index contributed by atoms with van der Waals surface area (Å²) in [7, 11) is 0. The number of benzene rings is 2. The standard InChI is InChI=1S/C22H27NO5/c1-14-10-16(11-17(20(24)25)21(26)28-22(2,3)4)12-18(19(14)23)27-13-15-8-6-5-7-9-15/h5-10,12,17H,11,13,23H2,1-4H3,(H,24,25). The van der Waals surface area contributed by atoms with Crippen molar-refractivity contribution < 1.29 is 24.2 Å². The van der Waals surface area contributed by atoms with E-state index in [2.05, 4.69) is 0 Å². The number of aryl methyl sites for hydroxylation is 1. The zero-order chi connectivity index (χ0) is 20.9. The molecule has 0 amide bonds. The minimum atomic E-state index is -1.30. The molecule has 150 valence electrons. The Morgan fingerprint density at radius 2 is 1.75 bits per heavy atom. The predicted molar refractivity (Wildman–Crippen MR) is 107 cm³/mol. The van der Waals surface area contributed by atoms with Crippen molar-refractivity contribution in [2.24, 2.45) is 5.92 Å². The number of aliphatic carboxylic acids is 1. The lowest BCUT2D eigenvalue weighted by Crippen LogP contribution is -2.34. The molecule has 0 saturated carbocycles. The number of hydrogen-bond acceptors (Lipinski definition) is 5. The highest BCUT2D eigenvalue weighted by molar-refractivity contribution is 5.94. The van der Waals surface area contributed by atoms with Crippen molar-refractivity contribution >= 4 is 17.6 Å². The maximum Gasteiger partial charge on any atom is 0.321 e. The van der Waals surface area contributed by atoms with Gasteiger partial charge in [0.05, 0.1) is 5.69 Å². The maximum absolute atomic E-state index is 12.3. The van der Waals surface area contributed by atoms with Crippen LogP contribution in [0.4, 0.5) is 5.69 Å². The summed E-state index contributed by atoms with van der Waals surface area (Å²) < 4.78 is 11.1. The van der Waals surface area contributed by atoms with Gasteiger partial charge in [-0.05, 0) is 56.9 Å². The summed E-state index contributed by atoms with van der Waals surface area (Å²) in [6.45, 7) is 7.26. The molecule has 0 heterocycles. The van der Waals surface area contributed by atoms with E-state index in [-0.39, 0.29) is 6.42 Å². The molecule has 28 heavy (non-hydrogen) atoms. The first-order valence-corrected chi connectivity index (χ1v) is 9.08. The number of carbonyl (C=O) groups is 2. The number of carboxylic acids is 1. The van der Waals surface area contributed by atoms with E-state index in [1.165, 1.54) is 0 Å². The van der Waals surface area contributed by atoms with Gasteiger partial charge in [-0.1, -0.05) is 36.4 Å². The average Bonchev–Trinajstić information content (AvgIpc) is 2.60. The summed E-state index contributed by atoms with van der Waals surface area (Å²) in [5.74, 6) is -2.83. The minimum Gasteiger partial charge on any atom is -0.487 e. The Labute approximate surface area is 165 Å². The van der Waals surface area contributed by atoms with E-state index in [1.54, 1.807) is 32.9 Å². The number of hydrogen-bond donors (Lipinski definition) is 2. The van der Waals surface area contributed by atoms with Crippen molar-refractivity contribution in [3.63, 3.8) is 0 Å². The Balaban J connectivity index is 2.21. The molecule has 1 unspecified atom stereocenters. The van der Waals surface area contributed by atoms with Gasteiger partial charge in [-0.25, -0.2) is 0 Å². The number of anilines is 1. The monoisotopic (exact) mass is 385 g/mol. The Morgan fingerprint density at radius 1 is 1.11 bits per heavy atom. The van der Waals surface area contributed by atoms with E-state index in [0.29, 0.717) is 23.6 Å². The topological polar surface area (TPSA) is 98.8 Å². The number of carboxylic acid groups (broad SMARTS) is 1. The number of rotatable bonds is 7. The van der Waals surface area contributed by atoms with Gasteiger partial charge in [-0.15, -0.1) is 0 Å². The largest absolute Gasteiger partial charge is 0.487 e. The molecule has 0 radical (unpaired) electrons. The molecule has 0 aliphatic rings. The van der Waals surface area contributed by atoms with Gasteiger partial charge in [0.25, 0.3) is 0 Å². The highest BCUT2D eigenvalue weighted by atomic mass is 16.6. The summed E-state index contributed by atoms with van der Waals surface area (Å²) in [6, 6.07) is 13.1. The van der Waals surface area contributed by atoms with Crippen molar-refractivity contribution in [2.75, 3.05) is 5.73 Å². The van der Waals surface area contributed by atoms with Crippen LogP contribution in [0.2, 0.25) is 0 Å². The fourth-order valence-electron chi connectivity index (χ4n) is 2.69. The summed E-state index contributed by atoms with van der Waals surface area (Å²) >= 11 is 0. The number of esters is 1. The van der Waals surface area contributed by atoms with Crippen LogP contribution in [0, 0.1) is 12.8 Å². The van der Waals surface area contributed by atoms with Crippen LogP contribution in [0.15, 0.2) is 42.5 Å². The molecule has 2 rings (SSSR count). The lowest BCUT2D eigenvalue weighted by Gasteiger charge is -2.22. The third-order valence-electron chi connectivity index (χ3n) is 4.08. The van der Waals surface area contributed by atoms with Crippen LogP contribution < -0.4 is 10.5 Å². The van der Waals surface area contributed by atoms with Crippen LogP contribution >= 0.6 is 0 Å². The first kappa shape index (κ1) is 21.3. The Bertz CT molecular complexity index is 840. The molecular formula is C22H27NO5. The van der Waals surface area contributed by atoms with Gasteiger partial charge >= 0.3 is 11.9 Å². The molecular weight excluding hydrogens is 358 g/mol. The van der Waals surface area contributed by atoms with Crippen molar-refractivity contribution in [3.8, 4) is 5.75 Å². The molecule has 6 heteroatoms. The van der Waals surface area contributed by atoms with Crippen LogP contribution in [0.25, 0.3) is 0 Å². The molecule has 2 aromatic carbocycles. The van der Waals surface area contributed by atoms with E-state index in [1.807, 2.05) is 37.3 Å². The quantitative estimate of drug-likeness (QED) is 0.428. The van der Waals surface area contributed by atoms with Crippen molar-refractivity contribution in [3.05, 3.63) is 59.2 Å². The molecule has 0 saturated heterocycles. The third-order valence-corrected chi connectivity index (χ3v) is 4.08. The molecule has 1 atom stereocenters. The van der Waals surface area contributed by atoms with Gasteiger partial charge in [-0.3, -0.25) is 9.59 Å². The van der Waals surface area contributed by atoms with E-state index < -0.39 is 23.5 Å². The fourth-order valence-corrected chi connectivity index (χ4v) is 2.69. The molecule has 0 bridgehead atoms. The van der Waals surface area contributed by atoms with E-state index >= 15 is 0 Å². The third kappa shape index (κ3) is 6.01. The average molecular weight is 385 g/mol. The number of ether oxygens (including phenoxy) is 2. The lowest BCUT2D eigenvalue weighted by molar-refractivity contribution is -0.166. The molecule has 0 spiro atoms. The van der Waals surface area contributed by atoms with Crippen LogP contribution in [0.5, 0.6) is 5.75 Å². The van der Waals surface area contributed by atoms with Crippen LogP contribution in [0.1, 0.15) is 37.5 Å². The highest BCUT2D eigenvalue weighted by Crippen LogP contribution is 2.29. The normalized spacial score (nSPS) is 12.3. The second-order valence-electron chi connectivity index (χ2n) is 7.73. The van der Waals surface area contributed by atoms with E-state index in [4.69, 9.17) is 15.2 Å². The molecule has 3 N–H and O–H groups in total. The zero-order valence-electron chi connectivity index (χ0n) is 16.7. The predicted octanol–water partition coefficient (Wildman–Crippen LogP) is 3.74. The first-order valence-electron chi connectivity index (χ1n) is 9.08. The van der Waals surface area contributed by atoms with Crippen LogP contribution in [-0.4, -0.2) is 22.6 Å². The SMILES string of the molecule is Cc1cc(CC(C(=O)O)C(=O)OC(C)(C)C)cc(OCc2ccccc2)c1N. The Kier molecular flexibility index (Phi) is 6.67. The van der Waals surface area contributed by atoms with Gasteiger partial charge in [0.15, 0.2) is 5.92 Å². The van der Waals surface area contributed by atoms with Gasteiger partial charge in [0, 0.05) is 0 Å². The maximum atomic E-state index is 12.3. The summed E-state index contributed by atoms with van der Waals surface area (Å²) in [4.78, 5) is 23.9. The van der Waals surface area contributed by atoms with E-state index in [9.17, 15) is 14.7 Å². The fraction of sp³-hybridized carbons (Fsp3) is 0.364. The highest BCUT2D eigenvalue weighted by Gasteiger charge is 2.31. The number of nitrogen functional groups attached to an aromatic ring is 1. The molecule has 0 aliphatic heterocycles. The lowest BCUT2D eigenvalue weighted by atomic mass is 9.97. The first-order chi connectivity index (χ1) is 13.1. The van der Waals surface area contributed by atoms with Crippen molar-refractivity contribution in [2.45, 2.75) is 46.3 Å². The molecule has 0 fully saturated rings. The minimum absolute atomic E-state index is 0.00688. The van der Waals surface area contributed by atoms with Crippen LogP contribution in [-0.2, 0) is 27.4 Å². The molecule has 0 aromatic heterocycles. The van der Waals surface area contributed by atoms with Gasteiger partial charge < -0.3 is 20.3 Å². The molecule has 0 aliphatic carbocycles. The molecule has 2 aromatic rings. The zero-order valence-corrected chi connectivity index (χ0v) is 16.7. The Hall–Kier alpha value is -3.02. The Morgan fingerprint density at radius 3 is 2.32 bits per heavy atom.